The summed E-state index contributed by atoms with van der Waals surface area (Å²) in [6.45, 7) is 2.11. The number of benzene rings is 1. The Kier molecular flexibility index (Phi) is 5.19. The maximum absolute atomic E-state index is 11.3. The summed E-state index contributed by atoms with van der Waals surface area (Å²) in [7, 11) is -3.52. The molecule has 1 aromatic carbocycles. The summed E-state index contributed by atoms with van der Waals surface area (Å²) in [6.07, 6.45) is 0.575. The number of rotatable bonds is 6. The first-order valence-electron chi connectivity index (χ1n) is 6.63. The number of hydrogen-bond donors (Lipinski definition) is 0. The first kappa shape index (κ1) is 15.8. The fourth-order valence-corrected chi connectivity index (χ4v) is 3.22. The van der Waals surface area contributed by atoms with E-state index in [-0.39, 0.29) is 12.5 Å². The van der Waals surface area contributed by atoms with Crippen LogP contribution in [0.5, 0.6) is 0 Å². The Morgan fingerprint density at radius 2 is 2.10 bits per heavy atom. The van der Waals surface area contributed by atoms with Crippen LogP contribution in [0.2, 0.25) is 0 Å². The van der Waals surface area contributed by atoms with E-state index < -0.39 is 16.2 Å². The van der Waals surface area contributed by atoms with Crippen LogP contribution in [0.4, 0.5) is 0 Å². The molecule has 0 saturated carbocycles. The van der Waals surface area contributed by atoms with Gasteiger partial charge in [0.05, 0.1) is 12.4 Å². The SMILES string of the molecule is CS(=O)(=O)OC1CN(Cc2ccccc2)CC1CN=[N+]=[N-]. The molecular formula is C13H18N4O3S. The van der Waals surface area contributed by atoms with Gasteiger partial charge in [-0.15, -0.1) is 0 Å². The molecule has 21 heavy (non-hydrogen) atoms. The van der Waals surface area contributed by atoms with Gasteiger partial charge in [0.15, 0.2) is 0 Å². The van der Waals surface area contributed by atoms with Gasteiger partial charge in [0, 0.05) is 37.0 Å². The smallest absolute Gasteiger partial charge is 0.264 e. The lowest BCUT2D eigenvalue weighted by atomic mass is 10.1. The van der Waals surface area contributed by atoms with Crippen molar-refractivity contribution < 1.29 is 12.6 Å². The predicted molar refractivity (Wildman–Crippen MR) is 78.9 cm³/mol. The van der Waals surface area contributed by atoms with Crippen LogP contribution in [0, 0.1) is 5.92 Å². The summed E-state index contributed by atoms with van der Waals surface area (Å²) in [5, 5.41) is 3.55. The van der Waals surface area contributed by atoms with E-state index in [1.807, 2.05) is 30.3 Å². The van der Waals surface area contributed by atoms with Crippen molar-refractivity contribution in [3.8, 4) is 0 Å². The van der Waals surface area contributed by atoms with Gasteiger partial charge in [-0.25, -0.2) is 0 Å². The van der Waals surface area contributed by atoms with Crippen LogP contribution < -0.4 is 0 Å². The van der Waals surface area contributed by atoms with Gasteiger partial charge in [0.1, 0.15) is 0 Å². The maximum atomic E-state index is 11.3. The summed E-state index contributed by atoms with van der Waals surface area (Å²) < 4.78 is 27.8. The van der Waals surface area contributed by atoms with Crippen molar-refractivity contribution in [3.05, 3.63) is 46.3 Å². The van der Waals surface area contributed by atoms with Crippen molar-refractivity contribution in [3.63, 3.8) is 0 Å². The number of hydrogen-bond acceptors (Lipinski definition) is 5. The van der Waals surface area contributed by atoms with Gasteiger partial charge in [-0.2, -0.15) is 8.42 Å². The first-order chi connectivity index (χ1) is 9.98. The Morgan fingerprint density at radius 1 is 1.38 bits per heavy atom. The van der Waals surface area contributed by atoms with Crippen molar-refractivity contribution in [1.82, 2.24) is 4.90 Å². The minimum absolute atomic E-state index is 0.112. The average molecular weight is 310 g/mol. The summed E-state index contributed by atoms with van der Waals surface area (Å²) in [6, 6.07) is 9.93. The Labute approximate surface area is 124 Å². The third-order valence-corrected chi connectivity index (χ3v) is 3.98. The van der Waals surface area contributed by atoms with Gasteiger partial charge >= 0.3 is 0 Å². The summed E-state index contributed by atoms with van der Waals surface area (Å²) in [4.78, 5) is 4.85. The number of likely N-dealkylation sites (tertiary alicyclic amines) is 1. The molecule has 114 valence electrons. The minimum Gasteiger partial charge on any atom is -0.296 e. The fourth-order valence-electron chi connectivity index (χ4n) is 2.55. The lowest BCUT2D eigenvalue weighted by Gasteiger charge is -2.15. The highest BCUT2D eigenvalue weighted by Gasteiger charge is 2.35. The van der Waals surface area contributed by atoms with Crippen LogP contribution in [-0.4, -0.2) is 45.3 Å². The lowest BCUT2D eigenvalue weighted by molar-refractivity contribution is 0.178. The molecule has 7 nitrogen and oxygen atoms in total. The second-order valence-electron chi connectivity index (χ2n) is 5.19. The molecule has 0 N–H and O–H groups in total. The van der Waals surface area contributed by atoms with E-state index in [9.17, 15) is 8.42 Å². The highest BCUT2D eigenvalue weighted by Crippen LogP contribution is 2.23. The van der Waals surface area contributed by atoms with Gasteiger partial charge in [-0.05, 0) is 11.1 Å². The summed E-state index contributed by atoms with van der Waals surface area (Å²) in [5.41, 5.74) is 9.59. The largest absolute Gasteiger partial charge is 0.296 e. The molecule has 2 unspecified atom stereocenters. The van der Waals surface area contributed by atoms with E-state index in [1.54, 1.807) is 0 Å². The lowest BCUT2D eigenvalue weighted by Crippen LogP contribution is -2.27. The van der Waals surface area contributed by atoms with Gasteiger partial charge in [-0.3, -0.25) is 9.08 Å². The highest BCUT2D eigenvalue weighted by molar-refractivity contribution is 7.86. The Balaban J connectivity index is 2.04. The molecule has 2 rings (SSSR count). The zero-order valence-electron chi connectivity index (χ0n) is 11.8. The molecule has 1 aliphatic rings. The van der Waals surface area contributed by atoms with E-state index in [1.165, 1.54) is 0 Å². The molecule has 1 aliphatic heterocycles. The molecule has 0 aliphatic carbocycles. The zero-order valence-corrected chi connectivity index (χ0v) is 12.6. The molecule has 0 aromatic heterocycles. The van der Waals surface area contributed by atoms with Crippen molar-refractivity contribution in [2.75, 3.05) is 25.9 Å². The van der Waals surface area contributed by atoms with Crippen molar-refractivity contribution in [2.24, 2.45) is 11.0 Å². The maximum Gasteiger partial charge on any atom is 0.264 e. The molecule has 0 radical (unpaired) electrons. The van der Waals surface area contributed by atoms with Crippen LogP contribution >= 0.6 is 0 Å². The van der Waals surface area contributed by atoms with E-state index >= 15 is 0 Å². The van der Waals surface area contributed by atoms with Crippen LogP contribution in [0.15, 0.2) is 35.4 Å². The zero-order chi connectivity index (χ0) is 15.3. The quantitative estimate of drug-likeness (QED) is 0.346. The molecule has 1 saturated heterocycles. The Morgan fingerprint density at radius 3 is 2.71 bits per heavy atom. The van der Waals surface area contributed by atoms with E-state index in [4.69, 9.17) is 9.71 Å². The molecular weight excluding hydrogens is 292 g/mol. The van der Waals surface area contributed by atoms with E-state index in [0.29, 0.717) is 13.1 Å². The highest BCUT2D eigenvalue weighted by atomic mass is 32.2. The fraction of sp³-hybridized carbons (Fsp3) is 0.538. The first-order valence-corrected chi connectivity index (χ1v) is 8.45. The van der Waals surface area contributed by atoms with Crippen LogP contribution in [0.3, 0.4) is 0 Å². The Bertz CT molecular complexity index is 614. The second-order valence-corrected chi connectivity index (χ2v) is 6.79. The van der Waals surface area contributed by atoms with Gasteiger partial charge in [0.2, 0.25) is 0 Å². The predicted octanol–water partition coefficient (Wildman–Crippen LogP) is 1.77. The summed E-state index contributed by atoms with van der Waals surface area (Å²) >= 11 is 0. The monoisotopic (exact) mass is 310 g/mol. The Hall–Kier alpha value is -1.60. The third-order valence-electron chi connectivity index (χ3n) is 3.38. The number of azide groups is 1. The molecule has 0 amide bonds. The van der Waals surface area contributed by atoms with Crippen molar-refractivity contribution in [1.29, 1.82) is 0 Å². The van der Waals surface area contributed by atoms with Gasteiger partial charge in [-0.1, -0.05) is 35.4 Å². The number of nitrogens with zero attached hydrogens (tertiary/aromatic N) is 4. The minimum atomic E-state index is -3.52. The van der Waals surface area contributed by atoms with Crippen LogP contribution in [0.25, 0.3) is 10.4 Å². The third kappa shape index (κ3) is 5.02. The topological polar surface area (TPSA) is 95.4 Å². The second kappa shape index (κ2) is 6.91. The van der Waals surface area contributed by atoms with Gasteiger partial charge in [0.25, 0.3) is 10.1 Å². The van der Waals surface area contributed by atoms with Crippen LogP contribution in [0.1, 0.15) is 5.56 Å². The molecule has 2 atom stereocenters. The van der Waals surface area contributed by atoms with Crippen molar-refractivity contribution in [2.45, 2.75) is 12.6 Å². The van der Waals surface area contributed by atoms with E-state index in [0.717, 1.165) is 18.4 Å². The normalized spacial score (nSPS) is 22.9. The molecule has 0 spiro atoms. The average Bonchev–Trinajstić information content (AvgIpc) is 2.77. The standard InChI is InChI=1S/C13H18N4O3S/c1-21(18,19)20-13-10-17(9-12(13)7-15-16-14)8-11-5-3-2-4-6-11/h2-6,12-13H,7-10H2,1H3. The van der Waals surface area contributed by atoms with Crippen molar-refractivity contribution >= 4 is 10.1 Å². The van der Waals surface area contributed by atoms with E-state index in [2.05, 4.69) is 14.9 Å². The molecule has 1 fully saturated rings. The molecule has 8 heteroatoms. The summed E-state index contributed by atoms with van der Waals surface area (Å²) in [5.74, 6) is -0.112. The molecule has 1 aromatic rings. The molecule has 1 heterocycles. The van der Waals surface area contributed by atoms with Crippen LogP contribution in [-0.2, 0) is 20.8 Å². The van der Waals surface area contributed by atoms with Gasteiger partial charge < -0.3 is 0 Å². The molecule has 0 bridgehead atoms.